The summed E-state index contributed by atoms with van der Waals surface area (Å²) in [4.78, 5) is 23.2. The number of para-hydroxylation sites is 2. The standard InChI is InChI=1S/C20H24N6O2/c1-25-18(14-12-28-11-8-15(14)24-25)19(27)21-13-6-9-26(10-7-13)20-22-16-4-2-3-5-17(16)23-20/h2-5,13H,6-12H2,1H3,(H,21,27)(H,22,23). The van der Waals surface area contributed by atoms with Crippen LogP contribution in [0.4, 0.5) is 5.95 Å². The average molecular weight is 380 g/mol. The minimum atomic E-state index is -0.0519. The van der Waals surface area contributed by atoms with E-state index < -0.39 is 0 Å². The van der Waals surface area contributed by atoms with Gasteiger partial charge in [0.1, 0.15) is 5.69 Å². The molecule has 0 radical (unpaired) electrons. The molecular weight excluding hydrogens is 356 g/mol. The number of imidazole rings is 1. The normalized spacial score (nSPS) is 17.7. The molecule has 1 aromatic carbocycles. The number of aromatic amines is 1. The number of ether oxygens (including phenoxy) is 1. The molecule has 5 rings (SSSR count). The van der Waals surface area contributed by atoms with Crippen molar-refractivity contribution in [2.45, 2.75) is 31.9 Å². The fourth-order valence-corrected chi connectivity index (χ4v) is 4.18. The van der Waals surface area contributed by atoms with E-state index in [0.29, 0.717) is 18.9 Å². The highest BCUT2D eigenvalue weighted by Crippen LogP contribution is 2.23. The van der Waals surface area contributed by atoms with Crippen molar-refractivity contribution >= 4 is 22.9 Å². The molecule has 1 saturated heterocycles. The average Bonchev–Trinajstić information content (AvgIpc) is 3.28. The number of fused-ring (bicyclic) bond motifs is 2. The van der Waals surface area contributed by atoms with Crippen molar-refractivity contribution in [3.63, 3.8) is 0 Å². The Hall–Kier alpha value is -2.87. The second-order valence-corrected chi connectivity index (χ2v) is 7.51. The molecule has 8 heteroatoms. The molecule has 0 saturated carbocycles. The van der Waals surface area contributed by atoms with Crippen LogP contribution >= 0.6 is 0 Å². The molecule has 0 aliphatic carbocycles. The van der Waals surface area contributed by atoms with Gasteiger partial charge < -0.3 is 19.9 Å². The highest BCUT2D eigenvalue weighted by molar-refractivity contribution is 5.94. The van der Waals surface area contributed by atoms with E-state index in [9.17, 15) is 4.79 Å². The Labute approximate surface area is 162 Å². The van der Waals surface area contributed by atoms with E-state index in [1.807, 2.05) is 31.3 Å². The van der Waals surface area contributed by atoms with Crippen molar-refractivity contribution in [3.05, 3.63) is 41.2 Å². The summed E-state index contributed by atoms with van der Waals surface area (Å²) < 4.78 is 7.22. The Bertz CT molecular complexity index is 982. The predicted octanol–water partition coefficient (Wildman–Crippen LogP) is 1.77. The van der Waals surface area contributed by atoms with Crippen molar-refractivity contribution in [2.24, 2.45) is 7.05 Å². The predicted molar refractivity (Wildman–Crippen MR) is 105 cm³/mol. The van der Waals surface area contributed by atoms with Crippen molar-refractivity contribution in [3.8, 4) is 0 Å². The number of aromatic nitrogens is 4. The maximum atomic E-state index is 12.9. The number of nitrogens with zero attached hydrogens (tertiary/aromatic N) is 4. The molecule has 28 heavy (non-hydrogen) atoms. The molecule has 4 heterocycles. The first-order chi connectivity index (χ1) is 13.7. The number of hydrogen-bond donors (Lipinski definition) is 2. The summed E-state index contributed by atoms with van der Waals surface area (Å²) in [5.74, 6) is 0.854. The van der Waals surface area contributed by atoms with E-state index in [1.165, 1.54) is 0 Å². The van der Waals surface area contributed by atoms with Crippen molar-refractivity contribution in [1.82, 2.24) is 25.1 Å². The summed E-state index contributed by atoms with van der Waals surface area (Å²) in [6, 6.07) is 8.21. The highest BCUT2D eigenvalue weighted by atomic mass is 16.5. The quantitative estimate of drug-likeness (QED) is 0.723. The van der Waals surface area contributed by atoms with Gasteiger partial charge in [-0.25, -0.2) is 4.98 Å². The maximum Gasteiger partial charge on any atom is 0.270 e. The molecule has 2 aliphatic rings. The fourth-order valence-electron chi connectivity index (χ4n) is 4.18. The molecule has 0 bridgehead atoms. The number of carbonyl (C=O) groups is 1. The Morgan fingerprint density at radius 3 is 2.93 bits per heavy atom. The van der Waals surface area contributed by atoms with Crippen LogP contribution in [0.2, 0.25) is 0 Å². The third-order valence-electron chi connectivity index (χ3n) is 5.68. The highest BCUT2D eigenvalue weighted by Gasteiger charge is 2.28. The number of nitrogens with one attached hydrogen (secondary N) is 2. The topological polar surface area (TPSA) is 88.1 Å². The molecule has 0 spiro atoms. The summed E-state index contributed by atoms with van der Waals surface area (Å²) in [7, 11) is 1.83. The van der Waals surface area contributed by atoms with Crippen LogP contribution in [-0.4, -0.2) is 51.4 Å². The van der Waals surface area contributed by atoms with E-state index in [4.69, 9.17) is 4.74 Å². The lowest BCUT2D eigenvalue weighted by Gasteiger charge is -2.32. The van der Waals surface area contributed by atoms with Crippen LogP contribution in [0.15, 0.2) is 24.3 Å². The van der Waals surface area contributed by atoms with Gasteiger partial charge in [-0.05, 0) is 25.0 Å². The number of H-pyrrole nitrogens is 1. The summed E-state index contributed by atoms with van der Waals surface area (Å²) in [6.45, 7) is 2.86. The molecule has 2 aromatic heterocycles. The first kappa shape index (κ1) is 17.2. The van der Waals surface area contributed by atoms with Crippen LogP contribution in [0.1, 0.15) is 34.6 Å². The van der Waals surface area contributed by atoms with Gasteiger partial charge in [-0.15, -0.1) is 0 Å². The number of aryl methyl sites for hydroxylation is 1. The second kappa shape index (κ2) is 6.94. The van der Waals surface area contributed by atoms with E-state index in [2.05, 4.69) is 25.3 Å². The molecule has 8 nitrogen and oxygen atoms in total. The number of amides is 1. The number of anilines is 1. The van der Waals surface area contributed by atoms with Gasteiger partial charge in [-0.3, -0.25) is 9.48 Å². The molecule has 2 aliphatic heterocycles. The number of piperidine rings is 1. The number of hydrogen-bond acceptors (Lipinski definition) is 5. The first-order valence-electron chi connectivity index (χ1n) is 9.82. The maximum absolute atomic E-state index is 12.9. The molecule has 3 aromatic rings. The van der Waals surface area contributed by atoms with Gasteiger partial charge in [0.05, 0.1) is 29.9 Å². The van der Waals surface area contributed by atoms with Crippen LogP contribution in [-0.2, 0) is 24.8 Å². The Kier molecular flexibility index (Phi) is 4.27. The Morgan fingerprint density at radius 2 is 2.11 bits per heavy atom. The van der Waals surface area contributed by atoms with Gasteiger partial charge >= 0.3 is 0 Å². The third-order valence-corrected chi connectivity index (χ3v) is 5.68. The van der Waals surface area contributed by atoms with Crippen molar-refractivity contribution < 1.29 is 9.53 Å². The first-order valence-corrected chi connectivity index (χ1v) is 9.82. The zero-order valence-electron chi connectivity index (χ0n) is 15.9. The third kappa shape index (κ3) is 3.03. The summed E-state index contributed by atoms with van der Waals surface area (Å²) in [6.07, 6.45) is 2.55. The number of benzene rings is 1. The summed E-state index contributed by atoms with van der Waals surface area (Å²) in [5, 5.41) is 7.69. The van der Waals surface area contributed by atoms with E-state index in [0.717, 1.165) is 60.6 Å². The molecule has 0 atom stereocenters. The smallest absolute Gasteiger partial charge is 0.270 e. The lowest BCUT2D eigenvalue weighted by atomic mass is 10.0. The zero-order valence-corrected chi connectivity index (χ0v) is 15.9. The lowest BCUT2D eigenvalue weighted by molar-refractivity contribution is 0.0900. The van der Waals surface area contributed by atoms with Crippen LogP contribution in [0, 0.1) is 0 Å². The summed E-state index contributed by atoms with van der Waals surface area (Å²) in [5.41, 5.74) is 4.59. The van der Waals surface area contributed by atoms with Gasteiger partial charge in [0.25, 0.3) is 5.91 Å². The van der Waals surface area contributed by atoms with Gasteiger partial charge in [0, 0.05) is 38.2 Å². The van der Waals surface area contributed by atoms with E-state index in [1.54, 1.807) is 4.68 Å². The van der Waals surface area contributed by atoms with Crippen LogP contribution in [0.3, 0.4) is 0 Å². The molecule has 0 unspecified atom stereocenters. The molecular formula is C20H24N6O2. The Balaban J connectivity index is 1.24. The van der Waals surface area contributed by atoms with Gasteiger partial charge in [0.2, 0.25) is 5.95 Å². The minimum Gasteiger partial charge on any atom is -0.376 e. The number of rotatable bonds is 3. The lowest BCUT2D eigenvalue weighted by Crippen LogP contribution is -2.45. The Morgan fingerprint density at radius 1 is 1.29 bits per heavy atom. The summed E-state index contributed by atoms with van der Waals surface area (Å²) >= 11 is 0. The largest absolute Gasteiger partial charge is 0.376 e. The van der Waals surface area contributed by atoms with Gasteiger partial charge in [-0.1, -0.05) is 12.1 Å². The molecule has 1 fully saturated rings. The second-order valence-electron chi connectivity index (χ2n) is 7.51. The van der Waals surface area contributed by atoms with E-state index in [-0.39, 0.29) is 11.9 Å². The molecule has 2 N–H and O–H groups in total. The van der Waals surface area contributed by atoms with Crippen molar-refractivity contribution in [2.75, 3.05) is 24.6 Å². The fraction of sp³-hybridized carbons (Fsp3) is 0.450. The van der Waals surface area contributed by atoms with Crippen LogP contribution in [0.25, 0.3) is 11.0 Å². The van der Waals surface area contributed by atoms with Crippen LogP contribution in [0.5, 0.6) is 0 Å². The SMILES string of the molecule is Cn1nc2c(c1C(=O)NC1CCN(c3nc4ccccc4[nH]3)CC1)COCC2. The van der Waals surface area contributed by atoms with Gasteiger partial charge in [0.15, 0.2) is 0 Å². The van der Waals surface area contributed by atoms with E-state index >= 15 is 0 Å². The minimum absolute atomic E-state index is 0.0519. The molecule has 146 valence electrons. The van der Waals surface area contributed by atoms with Crippen LogP contribution < -0.4 is 10.2 Å². The molecule has 1 amide bonds. The van der Waals surface area contributed by atoms with Crippen molar-refractivity contribution in [1.29, 1.82) is 0 Å². The number of carbonyl (C=O) groups excluding carboxylic acids is 1. The zero-order chi connectivity index (χ0) is 19.1. The van der Waals surface area contributed by atoms with Gasteiger partial charge in [-0.2, -0.15) is 5.10 Å². The monoisotopic (exact) mass is 380 g/mol.